The topological polar surface area (TPSA) is 36.4 Å². The number of nitrogens with zero attached hydrogens (tertiary/aromatic N) is 3. The van der Waals surface area contributed by atoms with Crippen molar-refractivity contribution >= 4 is 22.8 Å². The number of piperazine rings is 1. The minimum absolute atomic E-state index is 0.467. The largest absolute Gasteiger partial charge is 0.343 e. The van der Waals surface area contributed by atoms with Crippen molar-refractivity contribution < 1.29 is 4.79 Å². The van der Waals surface area contributed by atoms with E-state index in [1.807, 2.05) is 0 Å². The van der Waals surface area contributed by atoms with Crippen molar-refractivity contribution in [3.05, 3.63) is 11.1 Å². The molecule has 82 valence electrons. The van der Waals surface area contributed by atoms with Crippen molar-refractivity contribution in [3.63, 3.8) is 0 Å². The molecule has 0 aliphatic carbocycles. The normalized spacial score (nSPS) is 23.1. The van der Waals surface area contributed by atoms with Gasteiger partial charge in [0.25, 0.3) is 0 Å². The Labute approximate surface area is 93.5 Å². The Hall–Kier alpha value is -0.940. The summed E-state index contributed by atoms with van der Waals surface area (Å²) in [6.07, 6.45) is 2.51. The van der Waals surface area contributed by atoms with Crippen molar-refractivity contribution in [1.82, 2.24) is 9.88 Å². The van der Waals surface area contributed by atoms with Gasteiger partial charge in [-0.2, -0.15) is 0 Å². The van der Waals surface area contributed by atoms with Crippen molar-refractivity contribution in [2.24, 2.45) is 0 Å². The molecule has 4 nitrogen and oxygen atoms in total. The van der Waals surface area contributed by atoms with Gasteiger partial charge in [-0.1, -0.05) is 11.3 Å². The Morgan fingerprint density at radius 2 is 2.40 bits per heavy atom. The molecule has 0 spiro atoms. The van der Waals surface area contributed by atoms with Crippen LogP contribution in [0.3, 0.4) is 0 Å². The number of hydrogen-bond acceptors (Lipinski definition) is 5. The summed E-state index contributed by atoms with van der Waals surface area (Å²) in [4.78, 5) is 20.2. The maximum Gasteiger partial charge on any atom is 0.186 e. The van der Waals surface area contributed by atoms with Crippen LogP contribution in [0.15, 0.2) is 6.20 Å². The molecule has 1 atom stereocenters. The Balaban J connectivity index is 2.12. The van der Waals surface area contributed by atoms with Crippen LogP contribution < -0.4 is 4.90 Å². The van der Waals surface area contributed by atoms with Gasteiger partial charge < -0.3 is 9.80 Å². The number of aldehydes is 1. The minimum atomic E-state index is 0.467. The fraction of sp³-hybridized carbons (Fsp3) is 0.600. The van der Waals surface area contributed by atoms with Crippen molar-refractivity contribution in [1.29, 1.82) is 0 Å². The first-order chi connectivity index (χ1) is 7.20. The highest BCUT2D eigenvalue weighted by Crippen LogP contribution is 2.24. The summed E-state index contributed by atoms with van der Waals surface area (Å²) in [5, 5.41) is 0.970. The van der Waals surface area contributed by atoms with Crippen LogP contribution in [-0.2, 0) is 0 Å². The molecule has 1 aromatic rings. The molecule has 0 amide bonds. The van der Waals surface area contributed by atoms with E-state index < -0.39 is 0 Å². The van der Waals surface area contributed by atoms with Crippen LogP contribution in [-0.4, -0.2) is 48.9 Å². The second-order valence-corrected chi connectivity index (χ2v) is 5.01. The van der Waals surface area contributed by atoms with Gasteiger partial charge in [0.15, 0.2) is 11.4 Å². The molecule has 1 aromatic heterocycles. The molecule has 15 heavy (non-hydrogen) atoms. The maximum atomic E-state index is 10.6. The lowest BCUT2D eigenvalue weighted by atomic mass is 10.2. The molecule has 1 aliphatic rings. The molecule has 1 fully saturated rings. The Kier molecular flexibility index (Phi) is 3.02. The van der Waals surface area contributed by atoms with Crippen LogP contribution in [0.25, 0.3) is 0 Å². The van der Waals surface area contributed by atoms with E-state index in [9.17, 15) is 4.79 Å². The van der Waals surface area contributed by atoms with Crippen LogP contribution in [0.4, 0.5) is 5.13 Å². The number of thiazole rings is 1. The van der Waals surface area contributed by atoms with E-state index >= 15 is 0 Å². The number of carbonyl (C=O) groups is 1. The van der Waals surface area contributed by atoms with E-state index in [1.165, 1.54) is 11.3 Å². The number of rotatable bonds is 2. The number of aromatic nitrogens is 1. The zero-order valence-corrected chi connectivity index (χ0v) is 9.83. The molecule has 0 bridgehead atoms. The molecule has 0 radical (unpaired) electrons. The molecule has 0 aromatic carbocycles. The Morgan fingerprint density at radius 3 is 3.00 bits per heavy atom. The lowest BCUT2D eigenvalue weighted by molar-refractivity contribution is 0.112. The molecule has 1 saturated heterocycles. The number of carbonyl (C=O) groups excluding carboxylic acids is 1. The van der Waals surface area contributed by atoms with Gasteiger partial charge in [-0.3, -0.25) is 4.79 Å². The summed E-state index contributed by atoms with van der Waals surface area (Å²) in [6, 6.07) is 0.467. The molecule has 0 saturated carbocycles. The summed E-state index contributed by atoms with van der Waals surface area (Å²) in [6.45, 7) is 5.29. The van der Waals surface area contributed by atoms with Crippen LogP contribution in [0, 0.1) is 0 Å². The molecule has 2 rings (SSSR count). The second kappa shape index (κ2) is 4.28. The van der Waals surface area contributed by atoms with Gasteiger partial charge in [-0.05, 0) is 14.0 Å². The highest BCUT2D eigenvalue weighted by atomic mass is 32.1. The molecule has 0 N–H and O–H groups in total. The first kappa shape index (κ1) is 10.6. The number of hydrogen-bond donors (Lipinski definition) is 0. The van der Waals surface area contributed by atoms with E-state index in [-0.39, 0.29) is 0 Å². The standard InChI is InChI=1S/C10H15N3OS/c1-8-6-12(2)3-4-13(8)10-11-5-9(7-14)15-10/h5,7-8H,3-4,6H2,1-2H3. The smallest absolute Gasteiger partial charge is 0.186 e. The van der Waals surface area contributed by atoms with Gasteiger partial charge in [-0.25, -0.2) is 4.98 Å². The molecule has 1 unspecified atom stereocenters. The maximum absolute atomic E-state index is 10.6. The second-order valence-electron chi connectivity index (χ2n) is 3.97. The molecule has 5 heteroatoms. The fourth-order valence-electron chi connectivity index (χ4n) is 1.89. The first-order valence-corrected chi connectivity index (χ1v) is 5.88. The summed E-state index contributed by atoms with van der Waals surface area (Å²) in [5.41, 5.74) is 0. The van der Waals surface area contributed by atoms with E-state index in [4.69, 9.17) is 0 Å². The minimum Gasteiger partial charge on any atom is -0.343 e. The average Bonchev–Trinajstić information content (AvgIpc) is 2.66. The van der Waals surface area contributed by atoms with Crippen molar-refractivity contribution in [2.45, 2.75) is 13.0 Å². The highest BCUT2D eigenvalue weighted by molar-refractivity contribution is 7.17. The van der Waals surface area contributed by atoms with E-state index in [0.717, 1.165) is 31.1 Å². The quantitative estimate of drug-likeness (QED) is 0.706. The molecule has 1 aliphatic heterocycles. The van der Waals surface area contributed by atoms with E-state index in [1.54, 1.807) is 6.20 Å². The predicted molar refractivity (Wildman–Crippen MR) is 61.8 cm³/mol. The van der Waals surface area contributed by atoms with Crippen molar-refractivity contribution in [2.75, 3.05) is 31.6 Å². The van der Waals surface area contributed by atoms with Crippen molar-refractivity contribution in [3.8, 4) is 0 Å². The van der Waals surface area contributed by atoms with Gasteiger partial charge in [0.1, 0.15) is 0 Å². The summed E-state index contributed by atoms with van der Waals surface area (Å²) < 4.78 is 0. The SMILES string of the molecule is CC1CN(C)CCN1c1ncc(C=O)s1. The molecule has 2 heterocycles. The third-order valence-corrected chi connectivity index (χ3v) is 3.66. The lowest BCUT2D eigenvalue weighted by Gasteiger charge is -2.38. The fourth-order valence-corrected chi connectivity index (χ4v) is 2.75. The highest BCUT2D eigenvalue weighted by Gasteiger charge is 2.23. The summed E-state index contributed by atoms with van der Waals surface area (Å²) >= 11 is 1.47. The lowest BCUT2D eigenvalue weighted by Crippen LogP contribution is -2.50. The number of likely N-dealkylation sites (N-methyl/N-ethyl adjacent to an activating group) is 1. The zero-order valence-electron chi connectivity index (χ0n) is 9.01. The Morgan fingerprint density at radius 1 is 1.60 bits per heavy atom. The molecular formula is C10H15N3OS. The number of anilines is 1. The van der Waals surface area contributed by atoms with Gasteiger partial charge in [0, 0.05) is 25.7 Å². The average molecular weight is 225 g/mol. The van der Waals surface area contributed by atoms with Gasteiger partial charge in [0.2, 0.25) is 0 Å². The van der Waals surface area contributed by atoms with Crippen LogP contribution in [0.1, 0.15) is 16.6 Å². The van der Waals surface area contributed by atoms with Crippen LogP contribution in [0.2, 0.25) is 0 Å². The van der Waals surface area contributed by atoms with E-state index in [2.05, 4.69) is 28.8 Å². The van der Waals surface area contributed by atoms with Gasteiger partial charge in [-0.15, -0.1) is 0 Å². The van der Waals surface area contributed by atoms with Crippen LogP contribution >= 0.6 is 11.3 Å². The third-order valence-electron chi connectivity index (χ3n) is 2.70. The van der Waals surface area contributed by atoms with Gasteiger partial charge >= 0.3 is 0 Å². The summed E-state index contributed by atoms with van der Waals surface area (Å²) in [7, 11) is 2.13. The first-order valence-electron chi connectivity index (χ1n) is 5.07. The predicted octanol–water partition coefficient (Wildman–Crippen LogP) is 1.10. The Bertz CT molecular complexity index is 352. The monoisotopic (exact) mass is 225 g/mol. The summed E-state index contributed by atoms with van der Waals surface area (Å²) in [5.74, 6) is 0. The van der Waals surface area contributed by atoms with E-state index in [0.29, 0.717) is 10.9 Å². The zero-order chi connectivity index (χ0) is 10.8. The third kappa shape index (κ3) is 2.18. The van der Waals surface area contributed by atoms with Crippen LogP contribution in [0.5, 0.6) is 0 Å². The van der Waals surface area contributed by atoms with Gasteiger partial charge in [0.05, 0.1) is 11.1 Å². The molecular weight excluding hydrogens is 210 g/mol.